The molecule has 202 valence electrons. The van der Waals surface area contributed by atoms with Crippen LogP contribution in [0.1, 0.15) is 37.3 Å². The molecular formula is C26H31FN6O5. The molecule has 0 bridgehead atoms. The number of nitrogens with zero attached hydrogens (tertiary/aromatic N) is 5. The summed E-state index contributed by atoms with van der Waals surface area (Å²) in [5.41, 5.74) is 1.04. The highest BCUT2D eigenvalue weighted by Crippen LogP contribution is 2.33. The van der Waals surface area contributed by atoms with Crippen molar-refractivity contribution in [1.29, 1.82) is 0 Å². The molecule has 12 heteroatoms. The van der Waals surface area contributed by atoms with E-state index >= 15 is 0 Å². The summed E-state index contributed by atoms with van der Waals surface area (Å²) in [6, 6.07) is 9.56. The molecule has 1 heterocycles. The van der Waals surface area contributed by atoms with Gasteiger partial charge in [-0.1, -0.05) is 18.9 Å². The van der Waals surface area contributed by atoms with Gasteiger partial charge in [-0.3, -0.25) is 9.59 Å². The highest BCUT2D eigenvalue weighted by molar-refractivity contribution is 5.89. The van der Waals surface area contributed by atoms with Gasteiger partial charge in [-0.05, 0) is 60.0 Å². The quantitative estimate of drug-likeness (QED) is 0.388. The van der Waals surface area contributed by atoms with Crippen LogP contribution in [-0.2, 0) is 16.1 Å². The average molecular weight is 527 g/mol. The molecule has 1 aliphatic rings. The smallest absolute Gasteiger partial charge is 0.247 e. The zero-order valence-electron chi connectivity index (χ0n) is 21.3. The summed E-state index contributed by atoms with van der Waals surface area (Å²) >= 11 is 0. The number of nitrogens with one attached hydrogen (secondary N) is 1. The number of tetrazole rings is 1. The number of rotatable bonds is 11. The molecule has 0 saturated heterocycles. The summed E-state index contributed by atoms with van der Waals surface area (Å²) < 4.78 is 24.0. The van der Waals surface area contributed by atoms with E-state index in [1.807, 2.05) is 0 Å². The van der Waals surface area contributed by atoms with Gasteiger partial charge in [0.15, 0.2) is 11.5 Å². The Kier molecular flexibility index (Phi) is 8.85. The number of halogens is 1. The number of carbonyl (C=O) groups excluding carboxylic acids is 2. The number of hydrogen-bond donors (Lipinski definition) is 2. The van der Waals surface area contributed by atoms with Crippen LogP contribution >= 0.6 is 0 Å². The van der Waals surface area contributed by atoms with Gasteiger partial charge in [-0.25, -0.2) is 4.39 Å². The van der Waals surface area contributed by atoms with Gasteiger partial charge in [0.25, 0.3) is 0 Å². The van der Waals surface area contributed by atoms with Crippen molar-refractivity contribution in [3.05, 3.63) is 53.8 Å². The van der Waals surface area contributed by atoms with E-state index in [0.29, 0.717) is 22.6 Å². The molecule has 1 atom stereocenters. The van der Waals surface area contributed by atoms with E-state index in [2.05, 4.69) is 20.7 Å². The number of hydrogen-bond acceptors (Lipinski definition) is 8. The fourth-order valence-corrected chi connectivity index (χ4v) is 4.59. The molecule has 1 aliphatic carbocycles. The molecule has 11 nitrogen and oxygen atoms in total. The summed E-state index contributed by atoms with van der Waals surface area (Å²) in [7, 11) is 3.00. The second-order valence-electron chi connectivity index (χ2n) is 8.97. The van der Waals surface area contributed by atoms with Gasteiger partial charge in [0.1, 0.15) is 18.4 Å². The van der Waals surface area contributed by atoms with E-state index < -0.39 is 17.8 Å². The largest absolute Gasteiger partial charge is 0.493 e. The first kappa shape index (κ1) is 27.0. The highest BCUT2D eigenvalue weighted by atomic mass is 19.1. The van der Waals surface area contributed by atoms with Crippen LogP contribution in [0.2, 0.25) is 0 Å². The van der Waals surface area contributed by atoms with Crippen molar-refractivity contribution in [2.24, 2.45) is 0 Å². The van der Waals surface area contributed by atoms with Crippen LogP contribution in [0.25, 0.3) is 11.4 Å². The fraction of sp³-hybridized carbons (Fsp3) is 0.423. The Hall–Kier alpha value is -4.06. The lowest BCUT2D eigenvalue weighted by Gasteiger charge is -2.32. The first-order valence-corrected chi connectivity index (χ1v) is 12.4. The molecule has 0 spiro atoms. The molecule has 1 unspecified atom stereocenters. The Bertz CT molecular complexity index is 1250. The molecule has 1 fully saturated rings. The van der Waals surface area contributed by atoms with Crippen molar-refractivity contribution in [3.63, 3.8) is 0 Å². The number of carbonyl (C=O) groups is 2. The number of amides is 2. The van der Waals surface area contributed by atoms with Crippen molar-refractivity contribution >= 4 is 11.8 Å². The fourth-order valence-electron chi connectivity index (χ4n) is 4.59. The summed E-state index contributed by atoms with van der Waals surface area (Å²) in [6.45, 7) is -0.790. The van der Waals surface area contributed by atoms with E-state index in [4.69, 9.17) is 9.47 Å². The summed E-state index contributed by atoms with van der Waals surface area (Å²) in [5, 5.41) is 25.0. The van der Waals surface area contributed by atoms with Gasteiger partial charge in [-0.2, -0.15) is 4.80 Å². The van der Waals surface area contributed by atoms with E-state index in [1.165, 1.54) is 43.4 Å². The van der Waals surface area contributed by atoms with Crippen molar-refractivity contribution in [1.82, 2.24) is 30.4 Å². The SMILES string of the molecule is COc1ccc(C(C(=O)NC2CCCC2)N(CCO)C(=O)Cn2nnc(-c3ccc(F)cc3)n2)cc1OC. The highest BCUT2D eigenvalue weighted by Gasteiger charge is 2.34. The average Bonchev–Trinajstić information content (AvgIpc) is 3.61. The molecule has 2 aromatic carbocycles. The monoisotopic (exact) mass is 526 g/mol. The van der Waals surface area contributed by atoms with E-state index in [1.54, 1.807) is 18.2 Å². The van der Waals surface area contributed by atoms with E-state index in [0.717, 1.165) is 30.5 Å². The number of ether oxygens (including phenoxy) is 2. The van der Waals surface area contributed by atoms with Gasteiger partial charge in [0.2, 0.25) is 17.6 Å². The van der Waals surface area contributed by atoms with Crippen LogP contribution < -0.4 is 14.8 Å². The van der Waals surface area contributed by atoms with Crippen LogP contribution in [0, 0.1) is 5.82 Å². The Morgan fingerprint density at radius 3 is 2.50 bits per heavy atom. The third-order valence-electron chi connectivity index (χ3n) is 6.48. The Balaban J connectivity index is 1.62. The number of aliphatic hydroxyl groups is 1. The predicted molar refractivity (Wildman–Crippen MR) is 135 cm³/mol. The lowest BCUT2D eigenvalue weighted by Crippen LogP contribution is -2.48. The number of aliphatic hydroxyl groups excluding tert-OH is 1. The summed E-state index contributed by atoms with van der Waals surface area (Å²) in [6.07, 6.45) is 3.79. The standard InChI is InChI=1S/C26H31FN6O5/c1-37-21-12-9-18(15-22(21)38-2)24(26(36)28-20-5-3-4-6-20)32(13-14-34)23(35)16-33-30-25(29-31-33)17-7-10-19(27)11-8-17/h7-12,15,20,24,34H,3-6,13-14,16H2,1-2H3,(H,28,36). The van der Waals surface area contributed by atoms with Crippen LogP contribution in [-0.4, -0.2) is 75.4 Å². The molecule has 38 heavy (non-hydrogen) atoms. The maximum Gasteiger partial charge on any atom is 0.247 e. The Morgan fingerprint density at radius 1 is 1.13 bits per heavy atom. The molecule has 3 aromatic rings. The van der Waals surface area contributed by atoms with Crippen molar-refractivity contribution < 1.29 is 28.6 Å². The molecule has 4 rings (SSSR count). The summed E-state index contributed by atoms with van der Waals surface area (Å²) in [4.78, 5) is 29.5. The van der Waals surface area contributed by atoms with Crippen molar-refractivity contribution in [2.75, 3.05) is 27.4 Å². The third-order valence-corrected chi connectivity index (χ3v) is 6.48. The van der Waals surface area contributed by atoms with Gasteiger partial charge in [0.05, 0.1) is 20.8 Å². The van der Waals surface area contributed by atoms with Gasteiger partial charge < -0.3 is 24.8 Å². The minimum absolute atomic E-state index is 0.0199. The van der Waals surface area contributed by atoms with Crippen LogP contribution in [0.15, 0.2) is 42.5 Å². The lowest BCUT2D eigenvalue weighted by atomic mass is 10.0. The molecule has 0 aliphatic heterocycles. The zero-order chi connectivity index (χ0) is 27.1. The topological polar surface area (TPSA) is 132 Å². The molecule has 0 radical (unpaired) electrons. The first-order chi connectivity index (χ1) is 18.4. The minimum Gasteiger partial charge on any atom is -0.493 e. The molecular weight excluding hydrogens is 495 g/mol. The van der Waals surface area contributed by atoms with Crippen molar-refractivity contribution in [2.45, 2.75) is 44.3 Å². The first-order valence-electron chi connectivity index (χ1n) is 12.4. The number of aromatic nitrogens is 4. The van der Waals surface area contributed by atoms with E-state index in [9.17, 15) is 19.1 Å². The molecule has 2 amide bonds. The Labute approximate surface area is 219 Å². The third kappa shape index (κ3) is 6.25. The molecule has 1 aromatic heterocycles. The normalized spacial score (nSPS) is 14.2. The molecule has 1 saturated carbocycles. The van der Waals surface area contributed by atoms with Crippen LogP contribution in [0.3, 0.4) is 0 Å². The Morgan fingerprint density at radius 2 is 1.84 bits per heavy atom. The van der Waals surface area contributed by atoms with E-state index in [-0.39, 0.29) is 37.5 Å². The number of benzene rings is 2. The van der Waals surface area contributed by atoms with Gasteiger partial charge in [-0.15, -0.1) is 10.2 Å². The predicted octanol–water partition coefficient (Wildman–Crippen LogP) is 2.12. The maximum absolute atomic E-state index is 13.6. The molecule has 2 N–H and O–H groups in total. The zero-order valence-corrected chi connectivity index (χ0v) is 21.3. The van der Waals surface area contributed by atoms with Crippen molar-refractivity contribution in [3.8, 4) is 22.9 Å². The second kappa shape index (κ2) is 12.5. The maximum atomic E-state index is 13.6. The summed E-state index contributed by atoms with van der Waals surface area (Å²) in [5.74, 6) is -0.142. The second-order valence-corrected chi connectivity index (χ2v) is 8.97. The number of methoxy groups -OCH3 is 2. The van der Waals surface area contributed by atoms with Crippen LogP contribution in [0.5, 0.6) is 11.5 Å². The van der Waals surface area contributed by atoms with Gasteiger partial charge in [0, 0.05) is 18.2 Å². The minimum atomic E-state index is -1.05. The van der Waals surface area contributed by atoms with Crippen LogP contribution in [0.4, 0.5) is 4.39 Å². The van der Waals surface area contributed by atoms with Gasteiger partial charge >= 0.3 is 0 Å². The lowest BCUT2D eigenvalue weighted by molar-refractivity contribution is -0.142.